The molecule has 0 fully saturated rings. The van der Waals surface area contributed by atoms with Gasteiger partial charge < -0.3 is 15.1 Å². The molecule has 12 heavy (non-hydrogen) atoms. The second kappa shape index (κ2) is 4.80. The molecule has 0 amide bonds. The van der Waals surface area contributed by atoms with Crippen molar-refractivity contribution < 1.29 is 24.7 Å². The molecule has 0 aromatic rings. The van der Waals surface area contributed by atoms with Crippen molar-refractivity contribution in [3.05, 3.63) is 5.57 Å². The first kappa shape index (κ1) is 11.0. The molecule has 0 aliphatic heterocycles. The van der Waals surface area contributed by atoms with Gasteiger partial charge in [-0.2, -0.15) is 0 Å². The minimum absolute atomic E-state index is 0.285. The molecular formula is C6H7O5P. The van der Waals surface area contributed by atoms with Gasteiger partial charge in [-0.1, -0.05) is 0 Å². The Kier molecular flexibility index (Phi) is 4.40. The number of aliphatic hydroxyl groups is 1. The standard InChI is InChI=1S/C6H7O5P/c1-12(11)5(3-8)4(2-7)6(9)10/h8H,3H2,1H3,(H,9,10). The topological polar surface area (TPSA) is 97.7 Å². The molecule has 0 aromatic carbocycles. The molecule has 0 heterocycles. The Morgan fingerprint density at radius 1 is 1.67 bits per heavy atom. The Morgan fingerprint density at radius 3 is 2.25 bits per heavy atom. The van der Waals surface area contributed by atoms with Gasteiger partial charge >= 0.3 is 5.97 Å². The molecule has 0 saturated heterocycles. The smallest absolute Gasteiger partial charge is 0.351 e. The van der Waals surface area contributed by atoms with Crippen LogP contribution in [0.25, 0.3) is 0 Å². The number of hydrogen-bond acceptors (Lipinski definition) is 4. The van der Waals surface area contributed by atoms with Crippen LogP contribution in [0.1, 0.15) is 0 Å². The van der Waals surface area contributed by atoms with Crippen molar-refractivity contribution in [2.45, 2.75) is 0 Å². The van der Waals surface area contributed by atoms with E-state index >= 15 is 0 Å². The normalized spacial score (nSPS) is 11.6. The highest BCUT2D eigenvalue weighted by Crippen LogP contribution is 2.11. The molecule has 0 aliphatic rings. The number of carbonyl (C=O) groups excluding carboxylic acids is 1. The maximum atomic E-state index is 10.8. The van der Waals surface area contributed by atoms with E-state index in [9.17, 15) is 14.5 Å². The van der Waals surface area contributed by atoms with Crippen molar-refractivity contribution in [2.24, 2.45) is 0 Å². The first-order chi connectivity index (χ1) is 5.54. The van der Waals surface area contributed by atoms with Gasteiger partial charge in [0.1, 0.15) is 12.5 Å². The fourth-order valence-corrected chi connectivity index (χ4v) is 1.22. The van der Waals surface area contributed by atoms with Gasteiger partial charge in [-0.25, -0.2) is 9.59 Å². The van der Waals surface area contributed by atoms with Gasteiger partial charge in [0.25, 0.3) is 0 Å². The first-order valence-electron chi connectivity index (χ1n) is 2.91. The number of carboxylic acids is 1. The molecule has 0 saturated carbocycles. The summed E-state index contributed by atoms with van der Waals surface area (Å²) in [5, 5.41) is 16.6. The summed E-state index contributed by atoms with van der Waals surface area (Å²) in [6, 6.07) is 0. The average molecular weight is 190 g/mol. The molecule has 0 bridgehead atoms. The van der Waals surface area contributed by atoms with E-state index in [-0.39, 0.29) is 5.29 Å². The molecule has 0 aliphatic carbocycles. The molecule has 0 aromatic heterocycles. The Balaban J connectivity index is 5.13. The summed E-state index contributed by atoms with van der Waals surface area (Å²) >= 11 is 0. The predicted octanol–water partition coefficient (Wildman–Crippen LogP) is -1.62. The Bertz CT molecular complexity index is 270. The zero-order valence-electron chi connectivity index (χ0n) is 6.27. The van der Waals surface area contributed by atoms with Crippen LogP contribution in [-0.2, 0) is 9.59 Å². The largest absolute Gasteiger partial charge is 0.630 e. The van der Waals surface area contributed by atoms with E-state index in [0.717, 1.165) is 5.94 Å². The zero-order chi connectivity index (χ0) is 9.72. The highest BCUT2D eigenvalue weighted by Gasteiger charge is 2.20. The number of carbonyl (C=O) groups is 1. The second-order valence-corrected chi connectivity index (χ2v) is 3.42. The van der Waals surface area contributed by atoms with Crippen LogP contribution in [0.5, 0.6) is 0 Å². The minimum atomic E-state index is -2.01. The van der Waals surface area contributed by atoms with E-state index in [1.165, 1.54) is 6.66 Å². The van der Waals surface area contributed by atoms with Crippen molar-refractivity contribution >= 4 is 25.0 Å². The van der Waals surface area contributed by atoms with Crippen LogP contribution < -0.4 is 4.89 Å². The number of aliphatic hydroxyl groups excluding tert-OH is 1. The van der Waals surface area contributed by atoms with E-state index in [1.807, 2.05) is 0 Å². The molecule has 2 N–H and O–H groups in total. The fraction of sp³-hybridized carbons (Fsp3) is 0.333. The first-order valence-corrected chi connectivity index (χ1v) is 4.61. The van der Waals surface area contributed by atoms with Crippen LogP contribution in [0, 0.1) is 0 Å². The van der Waals surface area contributed by atoms with Crippen LogP contribution >= 0.6 is 7.77 Å². The third kappa shape index (κ3) is 2.57. The van der Waals surface area contributed by atoms with Crippen molar-refractivity contribution in [1.82, 2.24) is 0 Å². The van der Waals surface area contributed by atoms with E-state index in [2.05, 4.69) is 0 Å². The van der Waals surface area contributed by atoms with Crippen LogP contribution in [0.2, 0.25) is 0 Å². The number of aliphatic carboxylic acids is 1. The van der Waals surface area contributed by atoms with E-state index in [4.69, 9.17) is 10.2 Å². The van der Waals surface area contributed by atoms with Gasteiger partial charge in [0, 0.05) is 0 Å². The molecule has 0 radical (unpaired) electrons. The molecule has 1 unspecified atom stereocenters. The van der Waals surface area contributed by atoms with E-state index in [1.54, 1.807) is 0 Å². The number of carboxylic acid groups (broad SMARTS) is 1. The van der Waals surface area contributed by atoms with Crippen molar-refractivity contribution in [3.63, 3.8) is 0 Å². The summed E-state index contributed by atoms with van der Waals surface area (Å²) in [5.74, 6) is -0.408. The molecule has 0 spiro atoms. The third-order valence-electron chi connectivity index (χ3n) is 1.13. The lowest BCUT2D eigenvalue weighted by atomic mass is 10.2. The summed E-state index contributed by atoms with van der Waals surface area (Å²) in [6.07, 6.45) is 0. The van der Waals surface area contributed by atoms with Gasteiger partial charge in [-0.3, -0.25) is 0 Å². The van der Waals surface area contributed by atoms with Crippen LogP contribution in [-0.4, -0.2) is 40.7 Å². The van der Waals surface area contributed by atoms with Crippen LogP contribution in [0.15, 0.2) is 5.57 Å². The lowest BCUT2D eigenvalue weighted by molar-refractivity contribution is -0.151. The molecular weight excluding hydrogens is 183 g/mol. The fourth-order valence-electron chi connectivity index (χ4n) is 0.562. The SMILES string of the molecule is C[P+]([O-])=C(CO)C(=C=O)C(=O)O. The summed E-state index contributed by atoms with van der Waals surface area (Å²) in [7, 11) is -2.01. The summed E-state index contributed by atoms with van der Waals surface area (Å²) in [6.45, 7) is 0.504. The molecule has 66 valence electrons. The molecule has 5 nitrogen and oxygen atoms in total. The maximum Gasteiger partial charge on any atom is 0.351 e. The van der Waals surface area contributed by atoms with E-state index < -0.39 is 25.9 Å². The van der Waals surface area contributed by atoms with Crippen molar-refractivity contribution in [1.29, 1.82) is 0 Å². The van der Waals surface area contributed by atoms with Gasteiger partial charge in [0.2, 0.25) is 0 Å². The highest BCUT2D eigenvalue weighted by molar-refractivity contribution is 7.52. The highest BCUT2D eigenvalue weighted by atomic mass is 31.1. The Morgan fingerprint density at radius 2 is 2.17 bits per heavy atom. The molecule has 1 atom stereocenters. The number of hydrogen-bond donors (Lipinski definition) is 2. The van der Waals surface area contributed by atoms with Crippen molar-refractivity contribution in [2.75, 3.05) is 13.3 Å². The van der Waals surface area contributed by atoms with Crippen LogP contribution in [0.4, 0.5) is 0 Å². The molecule has 0 rings (SSSR count). The van der Waals surface area contributed by atoms with Crippen molar-refractivity contribution in [3.8, 4) is 0 Å². The Labute approximate surface area is 69.4 Å². The maximum absolute atomic E-state index is 10.8. The van der Waals surface area contributed by atoms with Gasteiger partial charge in [0.05, 0.1) is 14.4 Å². The van der Waals surface area contributed by atoms with Gasteiger partial charge in [-0.15, -0.1) is 0 Å². The summed E-state index contributed by atoms with van der Waals surface area (Å²) < 4.78 is 0. The monoisotopic (exact) mass is 190 g/mol. The van der Waals surface area contributed by atoms with Gasteiger partial charge in [-0.05, 0) is 0 Å². The molecule has 6 heteroatoms. The average Bonchev–Trinajstić information content (AvgIpc) is 1.98. The van der Waals surface area contributed by atoms with E-state index in [0.29, 0.717) is 0 Å². The van der Waals surface area contributed by atoms with Crippen LogP contribution in [0.3, 0.4) is 0 Å². The second-order valence-electron chi connectivity index (χ2n) is 1.88. The summed E-state index contributed by atoms with van der Waals surface area (Å²) in [5.41, 5.74) is -0.749. The zero-order valence-corrected chi connectivity index (χ0v) is 7.17. The number of rotatable bonds is 3. The lowest BCUT2D eigenvalue weighted by Gasteiger charge is -1.98. The lowest BCUT2D eigenvalue weighted by Crippen LogP contribution is -2.18. The quantitative estimate of drug-likeness (QED) is 0.316. The summed E-state index contributed by atoms with van der Waals surface area (Å²) in [4.78, 5) is 31.1. The van der Waals surface area contributed by atoms with Gasteiger partial charge in [0.15, 0.2) is 10.9 Å². The predicted molar refractivity (Wildman–Crippen MR) is 41.8 cm³/mol. The third-order valence-corrected chi connectivity index (χ3v) is 2.26. The minimum Gasteiger partial charge on any atom is -0.630 e. The Hall–Kier alpha value is -0.990.